The van der Waals surface area contributed by atoms with Crippen LogP contribution in [0.4, 0.5) is 10.5 Å². The Morgan fingerprint density at radius 2 is 1.70 bits per heavy atom. The van der Waals surface area contributed by atoms with Crippen molar-refractivity contribution in [2.24, 2.45) is 0 Å². The first-order valence-electron chi connectivity index (χ1n) is 9.86. The number of rotatable bonds is 5. The SMILES string of the molecule is Cc1c(N)ccc(C=CCNC(=O)OCC2c3ccccc3-c3ccccc32)c1Cl. The minimum absolute atomic E-state index is 0.0512. The lowest BCUT2D eigenvalue weighted by Gasteiger charge is -2.14. The van der Waals surface area contributed by atoms with Gasteiger partial charge in [-0.25, -0.2) is 4.79 Å². The number of hydrogen-bond acceptors (Lipinski definition) is 3. The summed E-state index contributed by atoms with van der Waals surface area (Å²) in [5, 5.41) is 3.37. The maximum absolute atomic E-state index is 12.2. The van der Waals surface area contributed by atoms with Gasteiger partial charge < -0.3 is 15.8 Å². The van der Waals surface area contributed by atoms with E-state index >= 15 is 0 Å². The summed E-state index contributed by atoms with van der Waals surface area (Å²) in [7, 11) is 0. The third kappa shape index (κ3) is 3.91. The molecule has 4 nitrogen and oxygen atoms in total. The Hall–Kier alpha value is -3.24. The Labute approximate surface area is 181 Å². The highest BCUT2D eigenvalue weighted by atomic mass is 35.5. The zero-order valence-electron chi connectivity index (χ0n) is 16.7. The largest absolute Gasteiger partial charge is 0.449 e. The normalized spacial score (nSPS) is 12.6. The second-order valence-corrected chi connectivity index (χ2v) is 7.67. The summed E-state index contributed by atoms with van der Waals surface area (Å²) in [5.74, 6) is 0.0512. The molecule has 0 heterocycles. The smallest absolute Gasteiger partial charge is 0.407 e. The molecule has 0 spiro atoms. The molecule has 152 valence electrons. The van der Waals surface area contributed by atoms with Crippen molar-refractivity contribution in [1.82, 2.24) is 5.32 Å². The fraction of sp³-hybridized carbons (Fsp3) is 0.160. The van der Waals surface area contributed by atoms with Crippen LogP contribution in [0.3, 0.4) is 0 Å². The lowest BCUT2D eigenvalue weighted by Crippen LogP contribution is -2.26. The number of benzene rings is 3. The molecule has 5 heteroatoms. The van der Waals surface area contributed by atoms with Gasteiger partial charge in [0.25, 0.3) is 0 Å². The van der Waals surface area contributed by atoms with Crippen molar-refractivity contribution in [3.05, 3.63) is 94.0 Å². The number of amides is 1. The van der Waals surface area contributed by atoms with Crippen LogP contribution < -0.4 is 11.1 Å². The fourth-order valence-electron chi connectivity index (χ4n) is 3.83. The number of fused-ring (bicyclic) bond motifs is 3. The summed E-state index contributed by atoms with van der Waals surface area (Å²) in [6.07, 6.45) is 3.25. The molecule has 0 aliphatic heterocycles. The Morgan fingerprint density at radius 1 is 1.07 bits per heavy atom. The van der Waals surface area contributed by atoms with Gasteiger partial charge in [-0.15, -0.1) is 0 Å². The first-order chi connectivity index (χ1) is 14.6. The molecule has 4 rings (SSSR count). The van der Waals surface area contributed by atoms with Gasteiger partial charge in [0, 0.05) is 18.2 Å². The summed E-state index contributed by atoms with van der Waals surface area (Å²) in [6, 6.07) is 20.2. The van der Waals surface area contributed by atoms with Crippen LogP contribution in [0.2, 0.25) is 5.02 Å². The third-order valence-electron chi connectivity index (χ3n) is 5.46. The number of ether oxygens (including phenoxy) is 1. The molecule has 30 heavy (non-hydrogen) atoms. The van der Waals surface area contributed by atoms with Crippen molar-refractivity contribution < 1.29 is 9.53 Å². The van der Waals surface area contributed by atoms with Gasteiger partial charge in [-0.05, 0) is 46.4 Å². The Balaban J connectivity index is 1.34. The monoisotopic (exact) mass is 418 g/mol. The number of halogens is 1. The molecular formula is C25H23ClN2O2. The van der Waals surface area contributed by atoms with E-state index in [9.17, 15) is 4.79 Å². The van der Waals surface area contributed by atoms with Gasteiger partial charge in [-0.1, -0.05) is 78.4 Å². The second kappa shape index (κ2) is 8.64. The van der Waals surface area contributed by atoms with Crippen molar-refractivity contribution in [2.45, 2.75) is 12.8 Å². The average molecular weight is 419 g/mol. The summed E-state index contributed by atoms with van der Waals surface area (Å²) >= 11 is 6.30. The van der Waals surface area contributed by atoms with E-state index in [1.165, 1.54) is 22.3 Å². The van der Waals surface area contributed by atoms with Gasteiger partial charge in [0.1, 0.15) is 6.61 Å². The van der Waals surface area contributed by atoms with Gasteiger partial charge in [-0.3, -0.25) is 0 Å². The molecule has 0 saturated carbocycles. The quantitative estimate of drug-likeness (QED) is 0.516. The summed E-state index contributed by atoms with van der Waals surface area (Å²) < 4.78 is 5.52. The van der Waals surface area contributed by atoms with E-state index < -0.39 is 6.09 Å². The minimum atomic E-state index is -0.443. The number of nitrogen functional groups attached to an aromatic ring is 1. The van der Waals surface area contributed by atoms with E-state index in [2.05, 4.69) is 29.6 Å². The van der Waals surface area contributed by atoms with E-state index in [0.717, 1.165) is 11.1 Å². The van der Waals surface area contributed by atoms with Crippen LogP contribution in [0.1, 0.15) is 28.2 Å². The van der Waals surface area contributed by atoms with E-state index in [-0.39, 0.29) is 5.92 Å². The molecule has 0 fully saturated rings. The van der Waals surface area contributed by atoms with E-state index in [4.69, 9.17) is 22.1 Å². The molecular weight excluding hydrogens is 396 g/mol. The topological polar surface area (TPSA) is 64.3 Å². The second-order valence-electron chi connectivity index (χ2n) is 7.29. The van der Waals surface area contributed by atoms with Gasteiger partial charge in [-0.2, -0.15) is 0 Å². The molecule has 0 atom stereocenters. The van der Waals surface area contributed by atoms with Gasteiger partial charge in [0.15, 0.2) is 0 Å². The van der Waals surface area contributed by atoms with Gasteiger partial charge in [0.05, 0.1) is 5.02 Å². The van der Waals surface area contributed by atoms with Crippen molar-refractivity contribution in [1.29, 1.82) is 0 Å². The zero-order valence-corrected chi connectivity index (χ0v) is 17.4. The maximum atomic E-state index is 12.2. The lowest BCUT2D eigenvalue weighted by atomic mass is 9.98. The lowest BCUT2D eigenvalue weighted by molar-refractivity contribution is 0.144. The molecule has 3 N–H and O–H groups in total. The van der Waals surface area contributed by atoms with Crippen LogP contribution in [-0.2, 0) is 4.74 Å². The summed E-state index contributed by atoms with van der Waals surface area (Å²) in [6.45, 7) is 2.52. The number of hydrogen-bond donors (Lipinski definition) is 2. The van der Waals surface area contributed by atoms with Crippen LogP contribution in [0.25, 0.3) is 17.2 Å². The van der Waals surface area contributed by atoms with E-state index in [1.807, 2.05) is 55.5 Å². The molecule has 3 aromatic rings. The summed E-state index contributed by atoms with van der Waals surface area (Å²) in [4.78, 5) is 12.2. The Kier molecular flexibility index (Phi) is 5.77. The third-order valence-corrected chi connectivity index (χ3v) is 5.97. The van der Waals surface area contributed by atoms with Crippen molar-refractivity contribution >= 4 is 29.5 Å². The van der Waals surface area contributed by atoms with E-state index in [1.54, 1.807) is 0 Å². The van der Waals surface area contributed by atoms with Crippen LogP contribution in [-0.4, -0.2) is 19.2 Å². The predicted octanol–water partition coefficient (Wildman–Crippen LogP) is 5.78. The zero-order chi connectivity index (χ0) is 21.1. The maximum Gasteiger partial charge on any atom is 0.407 e. The van der Waals surface area contributed by atoms with Crippen molar-refractivity contribution in [3.8, 4) is 11.1 Å². The highest BCUT2D eigenvalue weighted by molar-refractivity contribution is 6.33. The number of carbonyl (C=O) groups is 1. The number of nitrogens with two attached hydrogens (primary N) is 1. The fourth-order valence-corrected chi connectivity index (χ4v) is 4.06. The molecule has 1 aliphatic rings. The molecule has 0 unspecified atom stereocenters. The predicted molar refractivity (Wildman–Crippen MR) is 123 cm³/mol. The minimum Gasteiger partial charge on any atom is -0.449 e. The standard InChI is InChI=1S/C25H23ClN2O2/c1-16-23(27)13-12-17(24(16)26)7-6-14-28-25(29)30-15-22-20-10-4-2-8-18(20)19-9-3-5-11-21(19)22/h2-13,22H,14-15,27H2,1H3,(H,28,29). The van der Waals surface area contributed by atoms with Crippen LogP contribution in [0, 0.1) is 6.92 Å². The highest BCUT2D eigenvalue weighted by Gasteiger charge is 2.28. The molecule has 0 radical (unpaired) electrons. The first kappa shape index (κ1) is 20.0. The van der Waals surface area contributed by atoms with Gasteiger partial charge >= 0.3 is 6.09 Å². The van der Waals surface area contributed by atoms with Crippen molar-refractivity contribution in [2.75, 3.05) is 18.9 Å². The molecule has 1 aliphatic carbocycles. The van der Waals surface area contributed by atoms with Crippen molar-refractivity contribution in [3.63, 3.8) is 0 Å². The molecule has 0 aromatic heterocycles. The number of alkyl carbamates (subject to hydrolysis) is 1. The molecule has 0 bridgehead atoms. The number of carbonyl (C=O) groups excluding carboxylic acids is 1. The van der Waals surface area contributed by atoms with Gasteiger partial charge in [0.2, 0.25) is 0 Å². The molecule has 3 aromatic carbocycles. The van der Waals surface area contributed by atoms with E-state index in [0.29, 0.717) is 23.9 Å². The van der Waals surface area contributed by atoms with Crippen LogP contribution in [0.15, 0.2) is 66.7 Å². The number of anilines is 1. The molecule has 0 saturated heterocycles. The number of nitrogens with one attached hydrogen (secondary N) is 1. The highest BCUT2D eigenvalue weighted by Crippen LogP contribution is 2.44. The molecule has 1 amide bonds. The Bertz CT molecular complexity index is 1080. The van der Waals surface area contributed by atoms with Crippen LogP contribution in [0.5, 0.6) is 0 Å². The first-order valence-corrected chi connectivity index (χ1v) is 10.2. The van der Waals surface area contributed by atoms with Crippen LogP contribution >= 0.6 is 11.6 Å². The Morgan fingerprint density at radius 3 is 2.37 bits per heavy atom. The average Bonchev–Trinajstić information content (AvgIpc) is 3.09. The summed E-state index contributed by atoms with van der Waals surface area (Å²) in [5.41, 5.74) is 13.0.